The molecule has 0 aromatic heterocycles. The SMILES string of the molecule is Cc1ccc(F)cc1C(CCNCl)c1cccc(F)c1. The zero-order valence-electron chi connectivity index (χ0n) is 11.2. The van der Waals surface area contributed by atoms with E-state index in [1.165, 1.54) is 24.3 Å². The Morgan fingerprint density at radius 2 is 1.85 bits per heavy atom. The molecule has 0 radical (unpaired) electrons. The second-order valence-corrected chi connectivity index (χ2v) is 5.05. The van der Waals surface area contributed by atoms with Crippen LogP contribution in [0.3, 0.4) is 0 Å². The number of hydrogen-bond donors (Lipinski definition) is 1. The van der Waals surface area contributed by atoms with E-state index in [2.05, 4.69) is 4.84 Å². The van der Waals surface area contributed by atoms with Crippen LogP contribution < -0.4 is 4.84 Å². The van der Waals surface area contributed by atoms with Crippen molar-refractivity contribution >= 4 is 11.8 Å². The van der Waals surface area contributed by atoms with E-state index in [-0.39, 0.29) is 17.6 Å². The molecule has 0 amide bonds. The molecule has 0 fully saturated rings. The van der Waals surface area contributed by atoms with E-state index in [0.717, 1.165) is 16.7 Å². The zero-order valence-corrected chi connectivity index (χ0v) is 11.9. The normalized spacial score (nSPS) is 12.4. The quantitative estimate of drug-likeness (QED) is 0.799. The second-order valence-electron chi connectivity index (χ2n) is 4.78. The van der Waals surface area contributed by atoms with Crippen molar-refractivity contribution in [2.45, 2.75) is 19.3 Å². The molecule has 0 bridgehead atoms. The highest BCUT2D eigenvalue weighted by Crippen LogP contribution is 2.31. The van der Waals surface area contributed by atoms with E-state index < -0.39 is 0 Å². The lowest BCUT2D eigenvalue weighted by molar-refractivity contribution is 0.611. The molecule has 1 unspecified atom stereocenters. The molecule has 1 atom stereocenters. The molecule has 20 heavy (non-hydrogen) atoms. The Bertz CT molecular complexity index is 586. The average Bonchev–Trinajstić information content (AvgIpc) is 2.43. The van der Waals surface area contributed by atoms with Crippen LogP contribution in [0.4, 0.5) is 8.78 Å². The Labute approximate surface area is 122 Å². The summed E-state index contributed by atoms with van der Waals surface area (Å²) >= 11 is 5.52. The highest BCUT2D eigenvalue weighted by Gasteiger charge is 2.17. The largest absolute Gasteiger partial charge is 0.234 e. The van der Waals surface area contributed by atoms with Gasteiger partial charge in [0.1, 0.15) is 11.6 Å². The van der Waals surface area contributed by atoms with Gasteiger partial charge in [0.2, 0.25) is 0 Å². The van der Waals surface area contributed by atoms with E-state index >= 15 is 0 Å². The molecule has 0 aliphatic heterocycles. The van der Waals surface area contributed by atoms with Crippen molar-refractivity contribution < 1.29 is 8.78 Å². The average molecular weight is 296 g/mol. The van der Waals surface area contributed by atoms with E-state index in [1.807, 2.05) is 13.0 Å². The van der Waals surface area contributed by atoms with Crippen LogP contribution in [0.1, 0.15) is 29.0 Å². The van der Waals surface area contributed by atoms with Crippen LogP contribution in [0.2, 0.25) is 0 Å². The van der Waals surface area contributed by atoms with Gasteiger partial charge in [-0.15, -0.1) is 0 Å². The Balaban J connectivity index is 2.44. The Morgan fingerprint density at radius 3 is 2.55 bits per heavy atom. The zero-order chi connectivity index (χ0) is 14.5. The lowest BCUT2D eigenvalue weighted by Crippen LogP contribution is -2.11. The Kier molecular flexibility index (Phi) is 5.10. The molecule has 2 aromatic rings. The van der Waals surface area contributed by atoms with E-state index in [4.69, 9.17) is 11.8 Å². The Morgan fingerprint density at radius 1 is 1.10 bits per heavy atom. The first-order valence-corrected chi connectivity index (χ1v) is 6.84. The highest BCUT2D eigenvalue weighted by atomic mass is 35.5. The van der Waals surface area contributed by atoms with Gasteiger partial charge in [-0.2, -0.15) is 0 Å². The fourth-order valence-corrected chi connectivity index (χ4v) is 2.52. The molecule has 2 rings (SSSR count). The Hall–Kier alpha value is -1.45. The number of benzene rings is 2. The molecule has 0 saturated heterocycles. The monoisotopic (exact) mass is 295 g/mol. The fourth-order valence-electron chi connectivity index (χ4n) is 2.41. The topological polar surface area (TPSA) is 12.0 Å². The van der Waals surface area contributed by atoms with Gasteiger partial charge in [-0.05, 0) is 66.1 Å². The summed E-state index contributed by atoms with van der Waals surface area (Å²) in [7, 11) is 0. The van der Waals surface area contributed by atoms with Crippen LogP contribution >= 0.6 is 11.8 Å². The van der Waals surface area contributed by atoms with Crippen molar-refractivity contribution in [1.29, 1.82) is 0 Å². The molecule has 106 valence electrons. The van der Waals surface area contributed by atoms with Gasteiger partial charge in [0.15, 0.2) is 0 Å². The van der Waals surface area contributed by atoms with Gasteiger partial charge in [-0.1, -0.05) is 18.2 Å². The number of hydrogen-bond acceptors (Lipinski definition) is 1. The third-order valence-electron chi connectivity index (χ3n) is 3.40. The van der Waals surface area contributed by atoms with Crippen LogP contribution in [0.5, 0.6) is 0 Å². The number of aryl methyl sites for hydroxylation is 1. The first-order chi connectivity index (χ1) is 9.61. The summed E-state index contributed by atoms with van der Waals surface area (Å²) in [5.41, 5.74) is 2.67. The van der Waals surface area contributed by atoms with Gasteiger partial charge >= 0.3 is 0 Å². The van der Waals surface area contributed by atoms with Crippen LogP contribution in [-0.2, 0) is 0 Å². The molecule has 1 N–H and O–H groups in total. The van der Waals surface area contributed by atoms with Gasteiger partial charge in [0.05, 0.1) is 0 Å². The molecule has 0 spiro atoms. The maximum absolute atomic E-state index is 13.5. The minimum Gasteiger partial charge on any atom is -0.234 e. The molecular weight excluding hydrogens is 280 g/mol. The summed E-state index contributed by atoms with van der Waals surface area (Å²) in [6.45, 7) is 2.48. The molecule has 1 nitrogen and oxygen atoms in total. The van der Waals surface area contributed by atoms with Crippen molar-refractivity contribution in [2.24, 2.45) is 0 Å². The third-order valence-corrected chi connectivity index (χ3v) is 3.58. The fraction of sp³-hybridized carbons (Fsp3) is 0.250. The molecule has 0 aliphatic rings. The van der Waals surface area contributed by atoms with Crippen molar-refractivity contribution in [3.05, 3.63) is 70.8 Å². The summed E-state index contributed by atoms with van der Waals surface area (Å²) in [6, 6.07) is 11.1. The summed E-state index contributed by atoms with van der Waals surface area (Å²) in [5, 5.41) is 0. The number of rotatable bonds is 5. The van der Waals surface area contributed by atoms with Gasteiger partial charge < -0.3 is 0 Å². The van der Waals surface area contributed by atoms with Crippen molar-refractivity contribution in [3.8, 4) is 0 Å². The van der Waals surface area contributed by atoms with Crippen LogP contribution in [-0.4, -0.2) is 6.54 Å². The standard InChI is InChI=1S/C16H16ClF2N/c1-11-5-6-14(19)10-16(11)15(7-8-20-17)12-3-2-4-13(18)9-12/h2-6,9-10,15,20H,7-8H2,1H3. The highest BCUT2D eigenvalue weighted by molar-refractivity contribution is 6.13. The van der Waals surface area contributed by atoms with E-state index in [0.29, 0.717) is 13.0 Å². The number of halogens is 3. The number of nitrogens with one attached hydrogen (secondary N) is 1. The molecule has 2 aromatic carbocycles. The maximum atomic E-state index is 13.5. The summed E-state index contributed by atoms with van der Waals surface area (Å²) in [5.74, 6) is -0.668. The van der Waals surface area contributed by atoms with Crippen LogP contribution in [0.25, 0.3) is 0 Å². The molecule has 0 heterocycles. The van der Waals surface area contributed by atoms with Crippen molar-refractivity contribution in [1.82, 2.24) is 4.84 Å². The molecule has 0 saturated carbocycles. The smallest absolute Gasteiger partial charge is 0.123 e. The third kappa shape index (κ3) is 3.56. The van der Waals surface area contributed by atoms with E-state index in [1.54, 1.807) is 12.1 Å². The van der Waals surface area contributed by atoms with Crippen molar-refractivity contribution in [2.75, 3.05) is 6.54 Å². The van der Waals surface area contributed by atoms with Crippen LogP contribution in [0.15, 0.2) is 42.5 Å². The summed E-state index contributed by atoms with van der Waals surface area (Å²) < 4.78 is 26.9. The first-order valence-electron chi connectivity index (χ1n) is 6.47. The second kappa shape index (κ2) is 6.82. The minimum atomic E-state index is -0.291. The lowest BCUT2D eigenvalue weighted by atomic mass is 9.86. The van der Waals surface area contributed by atoms with Crippen LogP contribution in [0, 0.1) is 18.6 Å². The summed E-state index contributed by atoms with van der Waals surface area (Å²) in [6.07, 6.45) is 0.664. The lowest BCUT2D eigenvalue weighted by Gasteiger charge is -2.20. The minimum absolute atomic E-state index is 0.0901. The molecule has 4 heteroatoms. The van der Waals surface area contributed by atoms with E-state index in [9.17, 15) is 8.78 Å². The van der Waals surface area contributed by atoms with Gasteiger partial charge in [0.25, 0.3) is 0 Å². The maximum Gasteiger partial charge on any atom is 0.123 e. The predicted octanol–water partition coefficient (Wildman–Crippen LogP) is 4.54. The van der Waals surface area contributed by atoms with Gasteiger partial charge in [-0.25, -0.2) is 13.6 Å². The first kappa shape index (κ1) is 14.9. The molecular formula is C16H16ClF2N. The molecule has 0 aliphatic carbocycles. The van der Waals surface area contributed by atoms with Gasteiger partial charge in [0, 0.05) is 12.5 Å². The van der Waals surface area contributed by atoms with Crippen molar-refractivity contribution in [3.63, 3.8) is 0 Å². The summed E-state index contributed by atoms with van der Waals surface area (Å²) in [4.78, 5) is 2.57. The predicted molar refractivity (Wildman–Crippen MR) is 77.9 cm³/mol. The van der Waals surface area contributed by atoms with Gasteiger partial charge in [-0.3, -0.25) is 0 Å².